The first-order valence-electron chi connectivity index (χ1n) is 13.6. The molecule has 0 aliphatic carbocycles. The van der Waals surface area contributed by atoms with E-state index in [0.29, 0.717) is 47.1 Å². The van der Waals surface area contributed by atoms with Crippen molar-refractivity contribution in [1.29, 1.82) is 0 Å². The van der Waals surface area contributed by atoms with E-state index in [1.54, 1.807) is 35.5 Å². The zero-order chi connectivity index (χ0) is 26.3. The van der Waals surface area contributed by atoms with E-state index in [0.717, 1.165) is 44.9 Å². The maximum absolute atomic E-state index is 16.0. The highest BCUT2D eigenvalue weighted by Gasteiger charge is 2.47. The highest BCUT2D eigenvalue weighted by atomic mass is 35.5. The molecule has 1 unspecified atom stereocenters. The van der Waals surface area contributed by atoms with E-state index in [-0.39, 0.29) is 33.6 Å². The van der Waals surface area contributed by atoms with E-state index in [4.69, 9.17) is 26.4 Å². The Morgan fingerprint density at radius 2 is 1.97 bits per heavy atom. The lowest BCUT2D eigenvalue weighted by molar-refractivity contribution is -0.0368. The first-order valence-corrected chi connectivity index (χ1v) is 14.0. The van der Waals surface area contributed by atoms with E-state index in [1.165, 1.54) is 4.68 Å². The van der Waals surface area contributed by atoms with Crippen molar-refractivity contribution in [3.8, 4) is 11.3 Å². The Labute approximate surface area is 224 Å². The number of hydrogen-bond acceptors (Lipinski definition) is 6. The maximum atomic E-state index is 16.0. The minimum Gasteiger partial charge on any atom is -0.356 e. The van der Waals surface area contributed by atoms with Crippen LogP contribution in [0.3, 0.4) is 0 Å². The van der Waals surface area contributed by atoms with Gasteiger partial charge >= 0.3 is 0 Å². The standard InChI is InChI=1S/C27H31ClFN7O2/c1-4-14-13-15-8-11-18(14)35(15)27-30-25-21(26(37)33(27)2)23(32-36(25)19-7-5-6-12-38-19)16-9-10-17-20(22(16)29)24(28)34(3)31-17/h9-10,14-15,18-19H,4-8,11-13H2,1-3H3/t14-,15+,18-,19?/m1/s1. The van der Waals surface area contributed by atoms with Crippen LogP contribution in [0.5, 0.6) is 0 Å². The van der Waals surface area contributed by atoms with Gasteiger partial charge < -0.3 is 9.64 Å². The third-order valence-corrected chi connectivity index (χ3v) is 9.32. The average Bonchev–Trinajstić information content (AvgIpc) is 3.67. The molecule has 0 N–H and O–H groups in total. The topological polar surface area (TPSA) is 83.0 Å². The summed E-state index contributed by atoms with van der Waals surface area (Å²) in [5, 5.41) is 9.82. The predicted octanol–water partition coefficient (Wildman–Crippen LogP) is 4.94. The Kier molecular flexibility index (Phi) is 5.56. The van der Waals surface area contributed by atoms with Gasteiger partial charge in [-0.2, -0.15) is 15.2 Å². The van der Waals surface area contributed by atoms with Crippen molar-refractivity contribution >= 4 is 39.5 Å². The normalized spacial score (nSPS) is 25.3. The van der Waals surface area contributed by atoms with Gasteiger partial charge in [0.1, 0.15) is 22.1 Å². The second kappa shape index (κ2) is 8.77. The highest BCUT2D eigenvalue weighted by Crippen LogP contribution is 2.45. The smallest absolute Gasteiger partial charge is 0.266 e. The molecule has 0 saturated carbocycles. The number of aryl methyl sites for hydroxylation is 1. The van der Waals surface area contributed by atoms with Gasteiger partial charge in [-0.1, -0.05) is 24.9 Å². The van der Waals surface area contributed by atoms with Crippen LogP contribution in [0.4, 0.5) is 10.3 Å². The lowest BCUT2D eigenvalue weighted by Crippen LogP contribution is -2.36. The van der Waals surface area contributed by atoms with Gasteiger partial charge in [0, 0.05) is 38.3 Å². The quantitative estimate of drug-likeness (QED) is 0.365. The number of nitrogens with zero attached hydrogens (tertiary/aromatic N) is 7. The van der Waals surface area contributed by atoms with Crippen LogP contribution in [-0.4, -0.2) is 47.8 Å². The summed E-state index contributed by atoms with van der Waals surface area (Å²) in [4.78, 5) is 21.5. The largest absolute Gasteiger partial charge is 0.356 e. The van der Waals surface area contributed by atoms with Gasteiger partial charge in [0.2, 0.25) is 5.95 Å². The monoisotopic (exact) mass is 539 g/mol. The molecule has 0 spiro atoms. The lowest BCUT2D eigenvalue weighted by atomic mass is 9.87. The van der Waals surface area contributed by atoms with Crippen LogP contribution in [-0.2, 0) is 18.8 Å². The van der Waals surface area contributed by atoms with Crippen LogP contribution in [0.15, 0.2) is 16.9 Å². The van der Waals surface area contributed by atoms with Gasteiger partial charge in [0.15, 0.2) is 11.9 Å². The number of halogens is 2. The number of benzene rings is 1. The molecular weight excluding hydrogens is 509 g/mol. The molecule has 4 atom stereocenters. The van der Waals surface area contributed by atoms with Crippen molar-refractivity contribution in [2.24, 2.45) is 20.0 Å². The summed E-state index contributed by atoms with van der Waals surface area (Å²) in [6.45, 7) is 2.85. The molecule has 7 rings (SSSR count). The molecule has 3 aromatic heterocycles. The zero-order valence-corrected chi connectivity index (χ0v) is 22.6. The fourth-order valence-electron chi connectivity index (χ4n) is 6.95. The molecule has 0 amide bonds. The van der Waals surface area contributed by atoms with Crippen molar-refractivity contribution in [1.82, 2.24) is 29.1 Å². The third kappa shape index (κ3) is 3.32. The Morgan fingerprint density at radius 1 is 1.13 bits per heavy atom. The number of ether oxygens (including phenoxy) is 1. The molecule has 4 aromatic rings. The Morgan fingerprint density at radius 3 is 2.71 bits per heavy atom. The number of rotatable bonds is 4. The van der Waals surface area contributed by atoms with Crippen LogP contribution in [0.1, 0.15) is 58.1 Å². The molecule has 3 aliphatic rings. The van der Waals surface area contributed by atoms with Crippen LogP contribution in [0, 0.1) is 11.7 Å². The van der Waals surface area contributed by atoms with Crippen molar-refractivity contribution in [3.05, 3.63) is 33.5 Å². The van der Waals surface area contributed by atoms with Gasteiger partial charge in [0.05, 0.1) is 10.9 Å². The average molecular weight is 540 g/mol. The first kappa shape index (κ1) is 24.1. The van der Waals surface area contributed by atoms with Crippen molar-refractivity contribution < 1.29 is 9.13 Å². The minimum atomic E-state index is -0.550. The van der Waals surface area contributed by atoms with Crippen LogP contribution in [0.25, 0.3) is 33.2 Å². The van der Waals surface area contributed by atoms with Crippen molar-refractivity contribution in [2.45, 2.75) is 70.2 Å². The number of hydrogen-bond donors (Lipinski definition) is 0. The summed E-state index contributed by atoms with van der Waals surface area (Å²) in [6, 6.07) is 4.10. The lowest BCUT2D eigenvalue weighted by Gasteiger charge is -2.27. The molecule has 38 heavy (non-hydrogen) atoms. The van der Waals surface area contributed by atoms with Gasteiger partial charge in [-0.3, -0.25) is 14.0 Å². The summed E-state index contributed by atoms with van der Waals surface area (Å²) >= 11 is 6.39. The molecule has 3 aliphatic heterocycles. The SMILES string of the molecule is CC[C@@H]1C[C@@H]2CC[C@H]1N2c1nc2c(c(-c3ccc4nn(C)c(Cl)c4c3F)nn2C2CCCCO2)c(=O)n1C. The molecule has 1 aromatic carbocycles. The fraction of sp³-hybridized carbons (Fsp3) is 0.556. The molecule has 9 nitrogen and oxygen atoms in total. The Balaban J connectivity index is 1.48. The van der Waals surface area contributed by atoms with E-state index in [2.05, 4.69) is 16.9 Å². The maximum Gasteiger partial charge on any atom is 0.266 e. The van der Waals surface area contributed by atoms with E-state index < -0.39 is 5.82 Å². The minimum absolute atomic E-state index is 0.196. The summed E-state index contributed by atoms with van der Waals surface area (Å²) in [5.41, 5.74) is 1.11. The first-order chi connectivity index (χ1) is 18.4. The van der Waals surface area contributed by atoms with Crippen LogP contribution in [0.2, 0.25) is 5.15 Å². The second-order valence-corrected chi connectivity index (χ2v) is 11.3. The zero-order valence-electron chi connectivity index (χ0n) is 21.8. The van der Waals surface area contributed by atoms with E-state index in [9.17, 15) is 4.79 Å². The highest BCUT2D eigenvalue weighted by molar-refractivity contribution is 6.34. The van der Waals surface area contributed by atoms with Gasteiger partial charge in [-0.05, 0) is 56.6 Å². The molecule has 0 radical (unpaired) electrons. The summed E-state index contributed by atoms with van der Waals surface area (Å²) in [5.74, 6) is 0.723. The summed E-state index contributed by atoms with van der Waals surface area (Å²) in [7, 11) is 3.43. The second-order valence-electron chi connectivity index (χ2n) is 10.9. The number of anilines is 1. The van der Waals surface area contributed by atoms with E-state index >= 15 is 4.39 Å². The van der Waals surface area contributed by atoms with Gasteiger partial charge in [-0.15, -0.1) is 0 Å². The Bertz CT molecular complexity index is 1640. The Hall–Kier alpha value is -2.98. The molecular formula is C27H31ClFN7O2. The van der Waals surface area contributed by atoms with Crippen LogP contribution >= 0.6 is 11.6 Å². The van der Waals surface area contributed by atoms with Crippen molar-refractivity contribution in [2.75, 3.05) is 11.5 Å². The molecule has 3 fully saturated rings. The van der Waals surface area contributed by atoms with Gasteiger partial charge in [-0.25, -0.2) is 9.07 Å². The number of aromatic nitrogens is 6. The fourth-order valence-corrected chi connectivity index (χ4v) is 7.17. The van der Waals surface area contributed by atoms with Crippen molar-refractivity contribution in [3.63, 3.8) is 0 Å². The molecule has 3 saturated heterocycles. The summed E-state index contributed by atoms with van der Waals surface area (Å²) < 4.78 is 26.8. The molecule has 6 heterocycles. The third-order valence-electron chi connectivity index (χ3n) is 8.88. The van der Waals surface area contributed by atoms with Crippen LogP contribution < -0.4 is 10.5 Å². The van der Waals surface area contributed by atoms with Gasteiger partial charge in [0.25, 0.3) is 5.56 Å². The summed E-state index contributed by atoms with van der Waals surface area (Å²) in [6.07, 6.45) is 6.83. The molecule has 200 valence electrons. The molecule has 2 bridgehead atoms. The van der Waals surface area contributed by atoms with E-state index in [1.807, 2.05) is 0 Å². The molecule has 11 heteroatoms. The number of fused-ring (bicyclic) bond motifs is 4. The predicted molar refractivity (Wildman–Crippen MR) is 144 cm³/mol.